The predicted molar refractivity (Wildman–Crippen MR) is 67.4 cm³/mol. The van der Waals surface area contributed by atoms with Gasteiger partial charge in [0.2, 0.25) is 0 Å². The molecule has 0 aromatic carbocycles. The van der Waals surface area contributed by atoms with Crippen molar-refractivity contribution in [3.63, 3.8) is 0 Å². The van der Waals surface area contributed by atoms with Crippen molar-refractivity contribution in [1.82, 2.24) is 4.90 Å². The highest BCUT2D eigenvalue weighted by Crippen LogP contribution is 1.97. The zero-order valence-corrected chi connectivity index (χ0v) is 11.1. The van der Waals surface area contributed by atoms with Crippen LogP contribution in [0.3, 0.4) is 0 Å². The van der Waals surface area contributed by atoms with Crippen LogP contribution >= 0.6 is 0 Å². The summed E-state index contributed by atoms with van der Waals surface area (Å²) in [5.74, 6) is 0.220. The molecule has 0 aliphatic heterocycles. The highest BCUT2D eigenvalue weighted by molar-refractivity contribution is 5.81. The summed E-state index contributed by atoms with van der Waals surface area (Å²) in [4.78, 5) is 2.09. The van der Waals surface area contributed by atoms with Gasteiger partial charge in [0.05, 0.1) is 13.2 Å². The number of nitrogens with zero attached hydrogens (tertiary/aromatic N) is 2. The summed E-state index contributed by atoms with van der Waals surface area (Å²) in [6.07, 6.45) is 0.901. The molecule has 0 aliphatic carbocycles. The van der Waals surface area contributed by atoms with E-state index in [9.17, 15) is 0 Å². The monoisotopic (exact) mass is 247 g/mol. The molecule has 0 saturated heterocycles. The molecule has 0 heterocycles. The second-order valence-electron chi connectivity index (χ2n) is 4.11. The molecule has 3 N–H and O–H groups in total. The average Bonchev–Trinajstić information content (AvgIpc) is 2.31. The van der Waals surface area contributed by atoms with Crippen molar-refractivity contribution in [2.24, 2.45) is 10.9 Å². The molecule has 0 amide bonds. The fraction of sp³-hybridized carbons (Fsp3) is 0.909. The van der Waals surface area contributed by atoms with E-state index in [0.29, 0.717) is 25.8 Å². The molecule has 0 saturated carbocycles. The fourth-order valence-electron chi connectivity index (χ4n) is 1.35. The first-order chi connectivity index (χ1) is 8.11. The quantitative estimate of drug-likeness (QED) is 0.193. The summed E-state index contributed by atoms with van der Waals surface area (Å²) in [5, 5.41) is 11.5. The first-order valence-electron chi connectivity index (χ1n) is 5.89. The van der Waals surface area contributed by atoms with Gasteiger partial charge in [0.1, 0.15) is 0 Å². The standard InChI is InChI=1S/C11H25N3O3/c1-10(2)14(9-11(12)13-15)5-8-17-7-4-6-16-3/h10,15H,4-9H2,1-3H3,(H2,12,13). The first kappa shape index (κ1) is 16.1. The second-order valence-corrected chi connectivity index (χ2v) is 4.11. The Bertz CT molecular complexity index is 210. The van der Waals surface area contributed by atoms with Gasteiger partial charge in [-0.05, 0) is 20.3 Å². The number of amidine groups is 1. The third kappa shape index (κ3) is 8.91. The first-order valence-corrected chi connectivity index (χ1v) is 5.89. The van der Waals surface area contributed by atoms with E-state index in [1.165, 1.54) is 0 Å². The maximum atomic E-state index is 8.53. The van der Waals surface area contributed by atoms with Crippen LogP contribution < -0.4 is 5.73 Å². The topological polar surface area (TPSA) is 80.3 Å². The molecule has 0 bridgehead atoms. The van der Waals surface area contributed by atoms with Crippen LogP contribution in [-0.4, -0.2) is 62.0 Å². The number of ether oxygens (including phenoxy) is 2. The van der Waals surface area contributed by atoms with E-state index < -0.39 is 0 Å². The van der Waals surface area contributed by atoms with E-state index >= 15 is 0 Å². The highest BCUT2D eigenvalue weighted by Gasteiger charge is 2.10. The summed E-state index contributed by atoms with van der Waals surface area (Å²) in [6.45, 7) is 7.41. The Morgan fingerprint density at radius 3 is 2.59 bits per heavy atom. The van der Waals surface area contributed by atoms with E-state index in [4.69, 9.17) is 20.4 Å². The molecular weight excluding hydrogens is 222 g/mol. The van der Waals surface area contributed by atoms with E-state index in [0.717, 1.165) is 19.6 Å². The van der Waals surface area contributed by atoms with Gasteiger partial charge in [-0.1, -0.05) is 5.16 Å². The molecule has 0 radical (unpaired) electrons. The van der Waals surface area contributed by atoms with Crippen LogP contribution in [-0.2, 0) is 9.47 Å². The summed E-state index contributed by atoms with van der Waals surface area (Å²) in [6, 6.07) is 0.331. The molecule has 0 atom stereocenters. The van der Waals surface area contributed by atoms with Crippen LogP contribution in [0.1, 0.15) is 20.3 Å². The molecule has 6 nitrogen and oxygen atoms in total. The summed E-state index contributed by atoms with van der Waals surface area (Å²) >= 11 is 0. The largest absolute Gasteiger partial charge is 0.409 e. The van der Waals surface area contributed by atoms with E-state index in [1.54, 1.807) is 7.11 Å². The lowest BCUT2D eigenvalue weighted by molar-refractivity contribution is 0.0804. The van der Waals surface area contributed by atoms with Crippen molar-refractivity contribution in [2.45, 2.75) is 26.3 Å². The van der Waals surface area contributed by atoms with Crippen LogP contribution in [0.2, 0.25) is 0 Å². The summed E-state index contributed by atoms with van der Waals surface area (Å²) in [7, 11) is 1.68. The van der Waals surface area contributed by atoms with Crippen molar-refractivity contribution < 1.29 is 14.7 Å². The van der Waals surface area contributed by atoms with Gasteiger partial charge in [-0.2, -0.15) is 0 Å². The maximum Gasteiger partial charge on any atom is 0.153 e. The van der Waals surface area contributed by atoms with Crippen molar-refractivity contribution >= 4 is 5.84 Å². The normalized spacial score (nSPS) is 12.6. The third-order valence-electron chi connectivity index (χ3n) is 2.38. The molecule has 6 heteroatoms. The van der Waals surface area contributed by atoms with Crippen molar-refractivity contribution in [3.8, 4) is 0 Å². The van der Waals surface area contributed by atoms with Gasteiger partial charge >= 0.3 is 0 Å². The molecule has 0 unspecified atom stereocenters. The van der Waals surface area contributed by atoms with Crippen LogP contribution in [0.25, 0.3) is 0 Å². The molecule has 17 heavy (non-hydrogen) atoms. The zero-order chi connectivity index (χ0) is 13.1. The predicted octanol–water partition coefficient (Wildman–Crippen LogP) is 0.496. The van der Waals surface area contributed by atoms with E-state index in [1.807, 2.05) is 0 Å². The zero-order valence-electron chi connectivity index (χ0n) is 11.1. The van der Waals surface area contributed by atoms with Gasteiger partial charge in [0.15, 0.2) is 5.84 Å². The minimum Gasteiger partial charge on any atom is -0.409 e. The molecule has 0 fully saturated rings. The fourth-order valence-corrected chi connectivity index (χ4v) is 1.35. The number of hydrogen-bond donors (Lipinski definition) is 2. The Labute approximate surface area is 103 Å². The average molecular weight is 247 g/mol. The Kier molecular flexibility index (Phi) is 9.80. The summed E-state index contributed by atoms with van der Waals surface area (Å²) < 4.78 is 10.4. The lowest BCUT2D eigenvalue weighted by atomic mass is 10.3. The smallest absolute Gasteiger partial charge is 0.153 e. The Morgan fingerprint density at radius 2 is 2.06 bits per heavy atom. The molecular formula is C11H25N3O3. The molecule has 0 aromatic heterocycles. The van der Waals surface area contributed by atoms with Crippen molar-refractivity contribution in [3.05, 3.63) is 0 Å². The summed E-state index contributed by atoms with van der Waals surface area (Å²) in [5.41, 5.74) is 5.48. The number of nitrogens with two attached hydrogens (primary N) is 1. The molecule has 102 valence electrons. The van der Waals surface area contributed by atoms with Gasteiger partial charge in [-0.25, -0.2) is 0 Å². The molecule has 0 aromatic rings. The second kappa shape index (κ2) is 10.3. The van der Waals surface area contributed by atoms with E-state index in [-0.39, 0.29) is 5.84 Å². The molecule has 0 rings (SSSR count). The third-order valence-corrected chi connectivity index (χ3v) is 2.38. The molecule has 0 aliphatic rings. The van der Waals surface area contributed by atoms with Gasteiger partial charge in [0, 0.05) is 32.9 Å². The SMILES string of the molecule is COCCCOCCN(CC(N)=NO)C(C)C. The van der Waals surface area contributed by atoms with Gasteiger partial charge in [0.25, 0.3) is 0 Å². The Balaban J connectivity index is 3.71. The lowest BCUT2D eigenvalue weighted by Gasteiger charge is -2.25. The van der Waals surface area contributed by atoms with Gasteiger partial charge < -0.3 is 20.4 Å². The minimum absolute atomic E-state index is 0.220. The minimum atomic E-state index is 0.220. The maximum absolute atomic E-state index is 8.53. The van der Waals surface area contributed by atoms with Crippen LogP contribution in [0.4, 0.5) is 0 Å². The van der Waals surface area contributed by atoms with Gasteiger partial charge in [-0.3, -0.25) is 4.90 Å². The number of hydrogen-bond acceptors (Lipinski definition) is 5. The van der Waals surface area contributed by atoms with Crippen LogP contribution in [0.5, 0.6) is 0 Å². The van der Waals surface area contributed by atoms with Crippen LogP contribution in [0, 0.1) is 0 Å². The number of rotatable bonds is 10. The van der Waals surface area contributed by atoms with E-state index in [2.05, 4.69) is 23.9 Å². The van der Waals surface area contributed by atoms with Gasteiger partial charge in [-0.15, -0.1) is 0 Å². The Hall–Kier alpha value is -0.850. The highest BCUT2D eigenvalue weighted by atomic mass is 16.5. The number of oxime groups is 1. The van der Waals surface area contributed by atoms with Crippen molar-refractivity contribution in [1.29, 1.82) is 0 Å². The lowest BCUT2D eigenvalue weighted by Crippen LogP contribution is -2.40. The molecule has 0 spiro atoms. The van der Waals surface area contributed by atoms with Crippen LogP contribution in [0.15, 0.2) is 5.16 Å². The number of methoxy groups -OCH3 is 1. The van der Waals surface area contributed by atoms with Crippen molar-refractivity contribution in [2.75, 3.05) is 40.0 Å². The Morgan fingerprint density at radius 1 is 1.35 bits per heavy atom.